The first-order valence-corrected chi connectivity index (χ1v) is 6.09. The fraction of sp³-hybridized carbons (Fsp3) is 0.154. The third-order valence-corrected chi connectivity index (χ3v) is 3.10. The van der Waals surface area contributed by atoms with Gasteiger partial charge < -0.3 is 5.11 Å². The molecule has 0 atom stereocenters. The molecule has 0 radical (unpaired) electrons. The Morgan fingerprint density at radius 2 is 2.14 bits per heavy atom. The van der Waals surface area contributed by atoms with E-state index in [9.17, 15) is 18.4 Å². The van der Waals surface area contributed by atoms with Crippen molar-refractivity contribution < 1.29 is 23.5 Å². The lowest BCUT2D eigenvalue weighted by Crippen LogP contribution is -2.11. The number of aromatic nitrogens is 2. The monoisotopic (exact) mass is 314 g/mol. The third kappa shape index (κ3) is 2.78. The van der Waals surface area contributed by atoms with E-state index in [1.165, 1.54) is 24.3 Å². The van der Waals surface area contributed by atoms with E-state index in [1.54, 1.807) is 0 Å². The highest BCUT2D eigenvalue weighted by Crippen LogP contribution is 2.33. The van der Waals surface area contributed by atoms with Crippen LogP contribution in [-0.2, 0) is 5.92 Å². The molecule has 8 heteroatoms. The van der Waals surface area contributed by atoms with Crippen LogP contribution >= 0.6 is 11.6 Å². The van der Waals surface area contributed by atoms with Crippen molar-refractivity contribution in [2.45, 2.75) is 12.8 Å². The van der Waals surface area contributed by atoms with Gasteiger partial charge in [0.15, 0.2) is 6.29 Å². The fourth-order valence-corrected chi connectivity index (χ4v) is 2.05. The van der Waals surface area contributed by atoms with Crippen molar-refractivity contribution in [3.05, 3.63) is 46.2 Å². The molecule has 110 valence electrons. The van der Waals surface area contributed by atoms with Crippen LogP contribution in [0, 0.1) is 0 Å². The number of rotatable bonds is 4. The lowest BCUT2D eigenvalue weighted by atomic mass is 10.2. The van der Waals surface area contributed by atoms with E-state index in [4.69, 9.17) is 16.7 Å². The molecule has 0 aliphatic rings. The van der Waals surface area contributed by atoms with E-state index in [0.717, 1.165) is 4.68 Å². The van der Waals surface area contributed by atoms with Gasteiger partial charge in [0.05, 0.1) is 16.8 Å². The van der Waals surface area contributed by atoms with E-state index in [0.29, 0.717) is 6.92 Å². The quantitative estimate of drug-likeness (QED) is 0.880. The number of carboxylic acids is 1. The molecule has 0 amide bonds. The zero-order chi connectivity index (χ0) is 15.8. The molecule has 0 aliphatic heterocycles. The molecule has 0 spiro atoms. The Labute approximate surface area is 122 Å². The first kappa shape index (κ1) is 15.1. The summed E-state index contributed by atoms with van der Waals surface area (Å²) in [7, 11) is 0. The largest absolute Gasteiger partial charge is 0.478 e. The molecule has 0 saturated heterocycles. The molecule has 0 unspecified atom stereocenters. The normalized spacial score (nSPS) is 11.4. The Hall–Kier alpha value is -2.28. The van der Waals surface area contributed by atoms with Crippen LogP contribution in [0.4, 0.5) is 8.78 Å². The van der Waals surface area contributed by atoms with E-state index in [2.05, 4.69) is 5.10 Å². The fourth-order valence-electron chi connectivity index (χ4n) is 1.78. The second-order valence-corrected chi connectivity index (χ2v) is 4.68. The van der Waals surface area contributed by atoms with Crippen molar-refractivity contribution in [3.63, 3.8) is 0 Å². The van der Waals surface area contributed by atoms with Crippen molar-refractivity contribution >= 4 is 23.9 Å². The van der Waals surface area contributed by atoms with Gasteiger partial charge in [-0.2, -0.15) is 13.9 Å². The van der Waals surface area contributed by atoms with Crippen LogP contribution in [0.1, 0.15) is 33.3 Å². The number of halogens is 3. The Morgan fingerprint density at radius 1 is 1.48 bits per heavy atom. The minimum atomic E-state index is -3.35. The highest BCUT2D eigenvalue weighted by molar-refractivity contribution is 6.32. The number of aromatic carboxylic acids is 1. The zero-order valence-electron chi connectivity index (χ0n) is 10.7. The van der Waals surface area contributed by atoms with Crippen LogP contribution < -0.4 is 0 Å². The number of carbonyl (C=O) groups excluding carboxylic acids is 1. The highest BCUT2D eigenvalue weighted by Gasteiger charge is 2.34. The van der Waals surface area contributed by atoms with Gasteiger partial charge in [0.1, 0.15) is 10.8 Å². The van der Waals surface area contributed by atoms with Crippen LogP contribution in [0.5, 0.6) is 0 Å². The molecule has 21 heavy (non-hydrogen) atoms. The number of benzene rings is 1. The Kier molecular flexibility index (Phi) is 3.78. The predicted octanol–water partition coefficient (Wildman–Crippen LogP) is 3.15. The van der Waals surface area contributed by atoms with Gasteiger partial charge in [0.25, 0.3) is 5.92 Å². The Balaban J connectivity index is 2.65. The van der Waals surface area contributed by atoms with Gasteiger partial charge in [-0.15, -0.1) is 0 Å². The van der Waals surface area contributed by atoms with Crippen LogP contribution in [0.25, 0.3) is 5.69 Å². The molecular weight excluding hydrogens is 306 g/mol. The summed E-state index contributed by atoms with van der Waals surface area (Å²) in [6, 6.07) is 5.41. The maximum atomic E-state index is 13.4. The summed E-state index contributed by atoms with van der Waals surface area (Å²) in [5.41, 5.74) is -1.08. The molecular formula is C13H9ClF2N2O3. The van der Waals surface area contributed by atoms with E-state index in [-0.39, 0.29) is 22.7 Å². The number of hydrogen-bond acceptors (Lipinski definition) is 3. The van der Waals surface area contributed by atoms with Crippen molar-refractivity contribution in [2.75, 3.05) is 0 Å². The van der Waals surface area contributed by atoms with Crippen molar-refractivity contribution in [2.24, 2.45) is 0 Å². The summed E-state index contributed by atoms with van der Waals surface area (Å²) in [4.78, 5) is 21.9. The van der Waals surface area contributed by atoms with Gasteiger partial charge in [0.2, 0.25) is 0 Å². The summed E-state index contributed by atoms with van der Waals surface area (Å²) < 4.78 is 27.8. The number of carbonyl (C=O) groups is 2. The molecule has 0 aliphatic carbocycles. The number of alkyl halides is 2. The smallest absolute Gasteiger partial charge is 0.335 e. The lowest BCUT2D eigenvalue weighted by Gasteiger charge is -2.06. The first-order chi connectivity index (χ1) is 9.75. The Bertz CT molecular complexity index is 723. The minimum absolute atomic E-state index is 0.0588. The first-order valence-electron chi connectivity index (χ1n) is 5.71. The van der Waals surface area contributed by atoms with Gasteiger partial charge in [-0.1, -0.05) is 17.7 Å². The Morgan fingerprint density at radius 3 is 2.62 bits per heavy atom. The summed E-state index contributed by atoms with van der Waals surface area (Å²) in [6.07, 6.45) is 0.194. The van der Waals surface area contributed by atoms with Crippen molar-refractivity contribution in [1.29, 1.82) is 0 Å². The summed E-state index contributed by atoms with van der Waals surface area (Å²) >= 11 is 5.89. The summed E-state index contributed by atoms with van der Waals surface area (Å²) in [5, 5.41) is 12.3. The topological polar surface area (TPSA) is 72.2 Å². The number of hydrogen-bond donors (Lipinski definition) is 1. The maximum Gasteiger partial charge on any atom is 0.335 e. The van der Waals surface area contributed by atoms with Crippen molar-refractivity contribution in [1.82, 2.24) is 9.78 Å². The third-order valence-electron chi connectivity index (χ3n) is 2.73. The van der Waals surface area contributed by atoms with E-state index in [1.807, 2.05) is 0 Å². The average molecular weight is 315 g/mol. The SMILES string of the molecule is CC(F)(F)c1nn(-c2cccc(C(=O)O)c2)c(Cl)c1C=O. The molecule has 5 nitrogen and oxygen atoms in total. The van der Waals surface area contributed by atoms with Gasteiger partial charge in [-0.3, -0.25) is 4.79 Å². The molecule has 0 fully saturated rings. The van der Waals surface area contributed by atoms with Gasteiger partial charge in [-0.05, 0) is 18.2 Å². The van der Waals surface area contributed by atoms with Gasteiger partial charge in [0, 0.05) is 6.92 Å². The van der Waals surface area contributed by atoms with Gasteiger partial charge in [-0.25, -0.2) is 9.48 Å². The zero-order valence-corrected chi connectivity index (χ0v) is 11.4. The lowest BCUT2D eigenvalue weighted by molar-refractivity contribution is 0.0117. The minimum Gasteiger partial charge on any atom is -0.478 e. The van der Waals surface area contributed by atoms with E-state index >= 15 is 0 Å². The van der Waals surface area contributed by atoms with Crippen LogP contribution in [0.3, 0.4) is 0 Å². The van der Waals surface area contributed by atoms with Crippen LogP contribution in [0.2, 0.25) is 5.15 Å². The average Bonchev–Trinajstić information content (AvgIpc) is 2.75. The molecule has 0 bridgehead atoms. The highest BCUT2D eigenvalue weighted by atomic mass is 35.5. The van der Waals surface area contributed by atoms with Crippen molar-refractivity contribution in [3.8, 4) is 5.69 Å². The number of aldehydes is 1. The molecule has 1 aromatic carbocycles. The van der Waals surface area contributed by atoms with E-state index < -0.39 is 23.1 Å². The predicted molar refractivity (Wildman–Crippen MR) is 70.5 cm³/mol. The molecule has 1 N–H and O–H groups in total. The second kappa shape index (κ2) is 5.25. The number of nitrogens with zero attached hydrogens (tertiary/aromatic N) is 2. The molecule has 1 heterocycles. The molecule has 2 rings (SSSR count). The van der Waals surface area contributed by atoms with Crippen LogP contribution in [-0.4, -0.2) is 27.1 Å². The summed E-state index contributed by atoms with van der Waals surface area (Å²) in [6.45, 7) is 0.594. The molecule has 0 saturated carbocycles. The maximum absolute atomic E-state index is 13.4. The molecule has 1 aromatic heterocycles. The van der Waals surface area contributed by atoms with Gasteiger partial charge >= 0.3 is 5.97 Å². The second-order valence-electron chi connectivity index (χ2n) is 4.33. The van der Waals surface area contributed by atoms with Crippen LogP contribution in [0.15, 0.2) is 24.3 Å². The number of carboxylic acid groups (broad SMARTS) is 1. The molecule has 2 aromatic rings. The standard InChI is InChI=1S/C13H9ClF2N2O3/c1-13(15,16)10-9(6-19)11(14)18(17-10)8-4-2-3-7(5-8)12(20)21/h2-6H,1H3,(H,20,21). The summed E-state index contributed by atoms with van der Waals surface area (Å²) in [5.74, 6) is -4.54.